The second-order valence-corrected chi connectivity index (χ2v) is 4.70. The van der Waals surface area contributed by atoms with Crippen LogP contribution in [0.1, 0.15) is 18.1 Å². The molecule has 0 amide bonds. The van der Waals surface area contributed by atoms with Crippen LogP contribution in [0.25, 0.3) is 21.5 Å². The standard InChI is InChI=1S/C17H16/c1-3-13-5-7-15-9-8-14-6-4-12(2)10-16(14)17(15)11-13/h4-11H,3H2,1-2H3. The molecule has 0 unspecified atom stereocenters. The zero-order valence-electron chi connectivity index (χ0n) is 10.3. The molecular weight excluding hydrogens is 204 g/mol. The largest absolute Gasteiger partial charge is 0.0613 e. The minimum absolute atomic E-state index is 1.10. The molecule has 0 saturated carbocycles. The zero-order valence-corrected chi connectivity index (χ0v) is 10.3. The third kappa shape index (κ3) is 1.70. The first-order valence-electron chi connectivity index (χ1n) is 6.20. The van der Waals surface area contributed by atoms with Gasteiger partial charge in [0.1, 0.15) is 0 Å². The average molecular weight is 220 g/mol. The Hall–Kier alpha value is -1.82. The van der Waals surface area contributed by atoms with Gasteiger partial charge >= 0.3 is 0 Å². The van der Waals surface area contributed by atoms with Crippen molar-refractivity contribution in [3.05, 3.63) is 59.7 Å². The Morgan fingerprint density at radius 2 is 1.35 bits per heavy atom. The lowest BCUT2D eigenvalue weighted by Crippen LogP contribution is -1.83. The fraction of sp³-hybridized carbons (Fsp3) is 0.176. The van der Waals surface area contributed by atoms with Crippen molar-refractivity contribution in [2.75, 3.05) is 0 Å². The van der Waals surface area contributed by atoms with Crippen molar-refractivity contribution < 1.29 is 0 Å². The van der Waals surface area contributed by atoms with Crippen molar-refractivity contribution in [1.82, 2.24) is 0 Å². The summed E-state index contributed by atoms with van der Waals surface area (Å²) in [5.74, 6) is 0. The number of aryl methyl sites for hydroxylation is 2. The molecule has 0 aliphatic rings. The van der Waals surface area contributed by atoms with Crippen LogP contribution >= 0.6 is 0 Å². The van der Waals surface area contributed by atoms with E-state index >= 15 is 0 Å². The Kier molecular flexibility index (Phi) is 2.36. The summed E-state index contributed by atoms with van der Waals surface area (Å²) in [6, 6.07) is 17.9. The lowest BCUT2D eigenvalue weighted by Gasteiger charge is -2.06. The van der Waals surface area contributed by atoms with Gasteiger partial charge in [-0.2, -0.15) is 0 Å². The molecule has 0 heterocycles. The summed E-state index contributed by atoms with van der Waals surface area (Å²) in [7, 11) is 0. The summed E-state index contributed by atoms with van der Waals surface area (Å²) in [6.45, 7) is 4.36. The molecule has 3 rings (SSSR count). The molecule has 0 atom stereocenters. The molecule has 17 heavy (non-hydrogen) atoms. The van der Waals surface area contributed by atoms with Crippen LogP contribution < -0.4 is 0 Å². The predicted molar refractivity (Wildman–Crippen MR) is 75.6 cm³/mol. The number of rotatable bonds is 1. The monoisotopic (exact) mass is 220 g/mol. The van der Waals surface area contributed by atoms with E-state index in [0.717, 1.165) is 6.42 Å². The minimum Gasteiger partial charge on any atom is -0.0613 e. The van der Waals surface area contributed by atoms with Gasteiger partial charge in [-0.15, -0.1) is 0 Å². The summed E-state index contributed by atoms with van der Waals surface area (Å²) in [5, 5.41) is 5.42. The molecule has 0 aliphatic heterocycles. The number of hydrogen-bond acceptors (Lipinski definition) is 0. The Balaban J connectivity index is 2.47. The molecular formula is C17H16. The van der Waals surface area contributed by atoms with E-state index in [0.29, 0.717) is 0 Å². The maximum absolute atomic E-state index is 2.33. The van der Waals surface area contributed by atoms with Crippen LogP contribution in [0.3, 0.4) is 0 Å². The van der Waals surface area contributed by atoms with E-state index < -0.39 is 0 Å². The quantitative estimate of drug-likeness (QED) is 0.513. The molecule has 0 radical (unpaired) electrons. The van der Waals surface area contributed by atoms with Crippen molar-refractivity contribution in [3.8, 4) is 0 Å². The van der Waals surface area contributed by atoms with Gasteiger partial charge in [-0.1, -0.05) is 61.0 Å². The molecule has 0 aromatic heterocycles. The van der Waals surface area contributed by atoms with Crippen LogP contribution in [0, 0.1) is 6.92 Å². The number of fused-ring (bicyclic) bond motifs is 3. The maximum atomic E-state index is 2.33. The molecule has 0 N–H and O–H groups in total. The third-order valence-corrected chi connectivity index (χ3v) is 3.47. The lowest BCUT2D eigenvalue weighted by atomic mass is 9.98. The van der Waals surface area contributed by atoms with Crippen molar-refractivity contribution >= 4 is 21.5 Å². The average Bonchev–Trinajstić information content (AvgIpc) is 2.38. The van der Waals surface area contributed by atoms with Crippen LogP contribution in [0.2, 0.25) is 0 Å². The van der Waals surface area contributed by atoms with Gasteiger partial charge in [0.05, 0.1) is 0 Å². The fourth-order valence-electron chi connectivity index (χ4n) is 2.43. The fourth-order valence-corrected chi connectivity index (χ4v) is 2.43. The smallest absolute Gasteiger partial charge is 0.0103 e. The molecule has 0 nitrogen and oxygen atoms in total. The van der Waals surface area contributed by atoms with E-state index in [1.54, 1.807) is 0 Å². The summed E-state index contributed by atoms with van der Waals surface area (Å²) < 4.78 is 0. The van der Waals surface area contributed by atoms with Crippen molar-refractivity contribution in [2.45, 2.75) is 20.3 Å². The Morgan fingerprint density at radius 3 is 2.06 bits per heavy atom. The van der Waals surface area contributed by atoms with Crippen LogP contribution in [-0.2, 0) is 6.42 Å². The van der Waals surface area contributed by atoms with Crippen molar-refractivity contribution in [2.24, 2.45) is 0 Å². The van der Waals surface area contributed by atoms with Crippen molar-refractivity contribution in [1.29, 1.82) is 0 Å². The first-order valence-corrected chi connectivity index (χ1v) is 6.20. The van der Waals surface area contributed by atoms with Gasteiger partial charge in [0.15, 0.2) is 0 Å². The summed E-state index contributed by atoms with van der Waals surface area (Å²) in [5.41, 5.74) is 2.73. The molecule has 0 heteroatoms. The van der Waals surface area contributed by atoms with E-state index in [9.17, 15) is 0 Å². The summed E-state index contributed by atoms with van der Waals surface area (Å²) >= 11 is 0. The van der Waals surface area contributed by atoms with Gasteiger partial charge in [-0.3, -0.25) is 0 Å². The second-order valence-electron chi connectivity index (χ2n) is 4.70. The van der Waals surface area contributed by atoms with Gasteiger partial charge < -0.3 is 0 Å². The predicted octanol–water partition coefficient (Wildman–Crippen LogP) is 4.86. The highest BCUT2D eigenvalue weighted by Crippen LogP contribution is 2.27. The van der Waals surface area contributed by atoms with Gasteiger partial charge in [0.2, 0.25) is 0 Å². The topological polar surface area (TPSA) is 0 Å². The molecule has 0 spiro atoms. The molecule has 3 aromatic carbocycles. The SMILES string of the molecule is CCc1ccc2ccc3ccc(C)cc3c2c1. The minimum atomic E-state index is 1.10. The first kappa shape index (κ1) is 10.3. The third-order valence-electron chi connectivity index (χ3n) is 3.47. The highest BCUT2D eigenvalue weighted by atomic mass is 14.1. The van der Waals surface area contributed by atoms with Crippen LogP contribution in [0.5, 0.6) is 0 Å². The molecule has 0 bridgehead atoms. The molecule has 0 aliphatic carbocycles. The maximum Gasteiger partial charge on any atom is -0.0103 e. The van der Waals surface area contributed by atoms with Crippen LogP contribution in [0.4, 0.5) is 0 Å². The van der Waals surface area contributed by atoms with E-state index in [1.807, 2.05) is 0 Å². The van der Waals surface area contributed by atoms with E-state index in [2.05, 4.69) is 62.4 Å². The Labute approximate surface area is 102 Å². The van der Waals surface area contributed by atoms with Gasteiger partial charge in [-0.05, 0) is 40.5 Å². The van der Waals surface area contributed by atoms with E-state index in [4.69, 9.17) is 0 Å². The highest BCUT2D eigenvalue weighted by molar-refractivity contribution is 6.07. The normalized spacial score (nSPS) is 11.2. The Bertz CT molecular complexity index is 693. The number of hydrogen-bond donors (Lipinski definition) is 0. The summed E-state index contributed by atoms with van der Waals surface area (Å²) in [6.07, 6.45) is 1.10. The lowest BCUT2D eigenvalue weighted by molar-refractivity contribution is 1.15. The van der Waals surface area contributed by atoms with E-state index in [1.165, 1.54) is 32.7 Å². The Morgan fingerprint density at radius 1 is 0.765 bits per heavy atom. The zero-order chi connectivity index (χ0) is 11.8. The van der Waals surface area contributed by atoms with Gasteiger partial charge in [-0.25, -0.2) is 0 Å². The number of benzene rings is 3. The van der Waals surface area contributed by atoms with Crippen molar-refractivity contribution in [3.63, 3.8) is 0 Å². The summed E-state index contributed by atoms with van der Waals surface area (Å²) in [4.78, 5) is 0. The second kappa shape index (κ2) is 3.89. The molecule has 0 fully saturated rings. The first-order chi connectivity index (χ1) is 8.28. The van der Waals surface area contributed by atoms with Crippen LogP contribution in [0.15, 0.2) is 48.5 Å². The van der Waals surface area contributed by atoms with Gasteiger partial charge in [0.25, 0.3) is 0 Å². The van der Waals surface area contributed by atoms with Crippen LogP contribution in [-0.4, -0.2) is 0 Å². The molecule has 3 aromatic rings. The molecule has 84 valence electrons. The highest BCUT2D eigenvalue weighted by Gasteiger charge is 2.01. The van der Waals surface area contributed by atoms with E-state index in [-0.39, 0.29) is 0 Å². The molecule has 0 saturated heterocycles. The van der Waals surface area contributed by atoms with Gasteiger partial charge in [0, 0.05) is 0 Å².